The van der Waals surface area contributed by atoms with Crippen LogP contribution in [0.3, 0.4) is 0 Å². The molecule has 1 aromatic carbocycles. The minimum atomic E-state index is -1.03. The molecular formula is C9H10OS. The first-order valence-electron chi connectivity index (χ1n) is 3.34. The van der Waals surface area contributed by atoms with Gasteiger partial charge in [0.05, 0.1) is 10.8 Å². The Kier molecular flexibility index (Phi) is 2.60. The molecule has 0 amide bonds. The van der Waals surface area contributed by atoms with E-state index in [9.17, 15) is 4.21 Å². The van der Waals surface area contributed by atoms with Crippen molar-refractivity contribution in [1.29, 1.82) is 0 Å². The average Bonchev–Trinajstić information content (AvgIpc) is 2.05. The third-order valence-corrected chi connectivity index (χ3v) is 2.44. The molecule has 0 aromatic heterocycles. The lowest BCUT2D eigenvalue weighted by atomic mass is 10.2. The predicted molar refractivity (Wildman–Crippen MR) is 47.8 cm³/mol. The number of rotatable bonds is 2. The molecule has 0 bridgehead atoms. The minimum absolute atomic E-state index is 0.811. The van der Waals surface area contributed by atoms with Crippen molar-refractivity contribution in [3.8, 4) is 0 Å². The van der Waals surface area contributed by atoms with Crippen molar-refractivity contribution in [3.63, 3.8) is 0 Å². The van der Waals surface area contributed by atoms with Crippen LogP contribution in [0, 0.1) is 6.92 Å². The van der Waals surface area contributed by atoms with Crippen LogP contribution >= 0.6 is 0 Å². The second-order valence-corrected chi connectivity index (χ2v) is 3.68. The van der Waals surface area contributed by atoms with Gasteiger partial charge in [0.1, 0.15) is 0 Å². The Morgan fingerprint density at radius 1 is 1.36 bits per heavy atom. The molecule has 0 saturated carbocycles. The Balaban J connectivity index is 2.98. The molecule has 1 aromatic rings. The quantitative estimate of drug-likeness (QED) is 0.658. The van der Waals surface area contributed by atoms with Gasteiger partial charge in [-0.25, -0.2) is 4.21 Å². The summed E-state index contributed by atoms with van der Waals surface area (Å²) in [4.78, 5) is 0.811. The molecule has 0 fully saturated rings. The first-order chi connectivity index (χ1) is 5.24. The lowest BCUT2D eigenvalue weighted by molar-refractivity contribution is 0.688. The van der Waals surface area contributed by atoms with Gasteiger partial charge in [-0.15, -0.1) is 0 Å². The third kappa shape index (κ3) is 2.02. The van der Waals surface area contributed by atoms with Crippen LogP contribution in [0.4, 0.5) is 0 Å². The molecule has 2 heteroatoms. The Bertz CT molecular complexity index is 274. The molecule has 0 radical (unpaired) electrons. The van der Waals surface area contributed by atoms with Crippen LogP contribution in [0.25, 0.3) is 0 Å². The topological polar surface area (TPSA) is 17.1 Å². The van der Waals surface area contributed by atoms with E-state index in [4.69, 9.17) is 0 Å². The van der Waals surface area contributed by atoms with Crippen LogP contribution in [-0.2, 0) is 10.8 Å². The lowest BCUT2D eigenvalue weighted by Crippen LogP contribution is -1.84. The second-order valence-electron chi connectivity index (χ2n) is 2.28. The molecule has 1 atom stereocenters. The molecular weight excluding hydrogens is 156 g/mol. The van der Waals surface area contributed by atoms with Gasteiger partial charge < -0.3 is 0 Å². The molecule has 58 valence electrons. The second kappa shape index (κ2) is 3.49. The lowest BCUT2D eigenvalue weighted by Gasteiger charge is -1.95. The van der Waals surface area contributed by atoms with E-state index in [2.05, 4.69) is 6.58 Å². The van der Waals surface area contributed by atoms with E-state index in [1.165, 1.54) is 11.0 Å². The van der Waals surface area contributed by atoms with Crippen LogP contribution in [0.5, 0.6) is 0 Å². The van der Waals surface area contributed by atoms with Gasteiger partial charge in [0, 0.05) is 10.3 Å². The minimum Gasteiger partial charge on any atom is -0.250 e. The summed E-state index contributed by atoms with van der Waals surface area (Å²) in [5.74, 6) is 0. The van der Waals surface area contributed by atoms with Crippen molar-refractivity contribution < 1.29 is 4.21 Å². The van der Waals surface area contributed by atoms with Crippen molar-refractivity contribution >= 4 is 10.8 Å². The first-order valence-corrected chi connectivity index (χ1v) is 4.55. The average molecular weight is 166 g/mol. The summed E-state index contributed by atoms with van der Waals surface area (Å²) in [6, 6.07) is 7.59. The van der Waals surface area contributed by atoms with Gasteiger partial charge in [-0.1, -0.05) is 24.3 Å². The van der Waals surface area contributed by atoms with Crippen LogP contribution in [0.15, 0.2) is 41.1 Å². The standard InChI is InChI=1S/C9H10OS/c1-3-11(10)9-6-4-8(2)5-7-9/h3-7H,1H2,2H3/t11-/m0/s1. The van der Waals surface area contributed by atoms with Crippen molar-refractivity contribution in [2.24, 2.45) is 0 Å². The van der Waals surface area contributed by atoms with E-state index in [-0.39, 0.29) is 0 Å². The summed E-state index contributed by atoms with van der Waals surface area (Å²) >= 11 is 0. The largest absolute Gasteiger partial charge is 0.250 e. The van der Waals surface area contributed by atoms with Crippen LogP contribution in [-0.4, -0.2) is 4.21 Å². The molecule has 0 N–H and O–H groups in total. The first kappa shape index (κ1) is 8.21. The zero-order chi connectivity index (χ0) is 8.27. The maximum atomic E-state index is 11.1. The Morgan fingerprint density at radius 2 is 1.91 bits per heavy atom. The normalized spacial score (nSPS) is 12.5. The van der Waals surface area contributed by atoms with Crippen molar-refractivity contribution in [1.82, 2.24) is 0 Å². The Morgan fingerprint density at radius 3 is 2.36 bits per heavy atom. The molecule has 0 spiro atoms. The van der Waals surface area contributed by atoms with Crippen LogP contribution in [0.2, 0.25) is 0 Å². The molecule has 0 unspecified atom stereocenters. The SMILES string of the molecule is C=C[S@](=O)c1ccc(C)cc1. The van der Waals surface area contributed by atoms with Gasteiger partial charge in [-0.3, -0.25) is 0 Å². The summed E-state index contributed by atoms with van der Waals surface area (Å²) in [5.41, 5.74) is 1.18. The highest BCUT2D eigenvalue weighted by Crippen LogP contribution is 2.08. The maximum Gasteiger partial charge on any atom is 0.0769 e. The molecule has 11 heavy (non-hydrogen) atoms. The zero-order valence-electron chi connectivity index (χ0n) is 6.41. The van der Waals surface area contributed by atoms with Crippen LogP contribution in [0.1, 0.15) is 5.56 Å². The summed E-state index contributed by atoms with van der Waals surface area (Å²) in [6.45, 7) is 5.46. The smallest absolute Gasteiger partial charge is 0.0769 e. The van der Waals surface area contributed by atoms with Gasteiger partial charge in [0.15, 0.2) is 0 Å². The fourth-order valence-electron chi connectivity index (χ4n) is 0.769. The summed E-state index contributed by atoms with van der Waals surface area (Å²) in [6.07, 6.45) is 0. The number of hydrogen-bond acceptors (Lipinski definition) is 1. The fraction of sp³-hybridized carbons (Fsp3) is 0.111. The van der Waals surface area contributed by atoms with Crippen LogP contribution < -0.4 is 0 Å². The highest BCUT2D eigenvalue weighted by Gasteiger charge is 1.95. The highest BCUT2D eigenvalue weighted by molar-refractivity contribution is 7.88. The number of benzene rings is 1. The van der Waals surface area contributed by atoms with Crippen molar-refractivity contribution in [2.45, 2.75) is 11.8 Å². The number of aryl methyl sites for hydroxylation is 1. The molecule has 0 aliphatic carbocycles. The van der Waals surface area contributed by atoms with Gasteiger partial charge >= 0.3 is 0 Å². The van der Waals surface area contributed by atoms with E-state index >= 15 is 0 Å². The van der Waals surface area contributed by atoms with Gasteiger partial charge in [0.2, 0.25) is 0 Å². The van der Waals surface area contributed by atoms with E-state index in [0.29, 0.717) is 0 Å². The van der Waals surface area contributed by atoms with Crippen molar-refractivity contribution in [2.75, 3.05) is 0 Å². The maximum absolute atomic E-state index is 11.1. The molecule has 1 rings (SSSR count). The third-order valence-electron chi connectivity index (χ3n) is 1.40. The summed E-state index contributed by atoms with van der Waals surface area (Å²) < 4.78 is 11.1. The zero-order valence-corrected chi connectivity index (χ0v) is 7.23. The summed E-state index contributed by atoms with van der Waals surface area (Å²) in [5, 5.41) is 1.44. The van der Waals surface area contributed by atoms with Gasteiger partial charge in [0.25, 0.3) is 0 Å². The monoisotopic (exact) mass is 166 g/mol. The van der Waals surface area contributed by atoms with Gasteiger partial charge in [-0.05, 0) is 19.1 Å². The number of hydrogen-bond donors (Lipinski definition) is 0. The molecule has 1 nitrogen and oxygen atoms in total. The predicted octanol–water partition coefficient (Wildman–Crippen LogP) is 2.25. The molecule has 0 saturated heterocycles. The summed E-state index contributed by atoms with van der Waals surface area (Å²) in [7, 11) is -1.03. The van der Waals surface area contributed by atoms with E-state index in [1.807, 2.05) is 31.2 Å². The van der Waals surface area contributed by atoms with Gasteiger partial charge in [-0.2, -0.15) is 0 Å². The van der Waals surface area contributed by atoms with Crippen molar-refractivity contribution in [3.05, 3.63) is 41.8 Å². The molecule has 0 aliphatic rings. The molecule has 0 aliphatic heterocycles. The Labute approximate surface area is 69.2 Å². The van der Waals surface area contributed by atoms with E-state index in [0.717, 1.165) is 4.90 Å². The van der Waals surface area contributed by atoms with E-state index in [1.54, 1.807) is 0 Å². The van der Waals surface area contributed by atoms with E-state index < -0.39 is 10.8 Å². The highest BCUT2D eigenvalue weighted by atomic mass is 32.2. The Hall–Kier alpha value is -0.890. The molecule has 0 heterocycles. The fourth-order valence-corrected chi connectivity index (χ4v) is 1.37.